The molecule has 0 amide bonds. The van der Waals surface area contributed by atoms with E-state index in [4.69, 9.17) is 10.2 Å². The molecule has 1 aliphatic carbocycles. The zero-order valence-corrected chi connectivity index (χ0v) is 17.0. The molecule has 0 saturated heterocycles. The fourth-order valence-corrected chi connectivity index (χ4v) is 5.51. The van der Waals surface area contributed by atoms with E-state index >= 15 is 0 Å². The average molecular weight is 376 g/mol. The highest BCUT2D eigenvalue weighted by Gasteiger charge is 2.25. The van der Waals surface area contributed by atoms with Crippen LogP contribution in [-0.4, -0.2) is 14.8 Å². The quantitative estimate of drug-likeness (QED) is 0.564. The topological polar surface area (TPSA) is 58.7 Å². The van der Waals surface area contributed by atoms with Gasteiger partial charge in [-0.05, 0) is 50.0 Å². The summed E-state index contributed by atoms with van der Waals surface area (Å²) in [7, 11) is 0. The Morgan fingerprint density at radius 2 is 2.20 bits per heavy atom. The second-order valence-electron chi connectivity index (χ2n) is 7.45. The van der Waals surface area contributed by atoms with E-state index in [1.165, 1.54) is 22.2 Å². The Morgan fingerprint density at radius 1 is 1.44 bits per heavy atom. The van der Waals surface area contributed by atoms with Crippen molar-refractivity contribution >= 4 is 33.3 Å². The summed E-state index contributed by atoms with van der Waals surface area (Å²) in [5, 5.41) is 10.5. The molecule has 1 aliphatic rings. The van der Waals surface area contributed by atoms with Crippen molar-refractivity contribution in [1.29, 1.82) is 5.26 Å². The number of thiophene rings is 1. The van der Waals surface area contributed by atoms with Crippen LogP contribution in [0.5, 0.6) is 0 Å². The Bertz CT molecular complexity index is 875. The lowest BCUT2D eigenvalue weighted by molar-refractivity contribution is 0.480. The second-order valence-corrected chi connectivity index (χ2v) is 9.85. The number of thioether (sulfide) groups is 1. The van der Waals surface area contributed by atoms with Gasteiger partial charge in [0, 0.05) is 11.4 Å². The number of nitrogens with zero attached hydrogens (tertiary/aromatic N) is 3. The van der Waals surface area contributed by atoms with Crippen LogP contribution in [0.2, 0.25) is 0 Å². The highest BCUT2D eigenvalue weighted by Crippen LogP contribution is 2.36. The molecule has 4 nitrogen and oxygen atoms in total. The van der Waals surface area contributed by atoms with Gasteiger partial charge in [0.15, 0.2) is 5.16 Å². The van der Waals surface area contributed by atoms with Gasteiger partial charge in [-0.2, -0.15) is 5.26 Å². The minimum Gasteiger partial charge on any atom is -0.287 e. The third-order valence-electron chi connectivity index (χ3n) is 4.77. The number of hydrogen-bond donors (Lipinski definition) is 0. The van der Waals surface area contributed by atoms with E-state index in [1.54, 1.807) is 11.3 Å². The van der Waals surface area contributed by atoms with Gasteiger partial charge in [-0.25, -0.2) is 4.98 Å². The maximum atomic E-state index is 13.3. The van der Waals surface area contributed by atoms with Gasteiger partial charge in [0.05, 0.1) is 16.7 Å². The summed E-state index contributed by atoms with van der Waals surface area (Å²) in [6.07, 6.45) is 4.12. The van der Waals surface area contributed by atoms with Gasteiger partial charge in [-0.1, -0.05) is 32.5 Å². The van der Waals surface area contributed by atoms with Crippen molar-refractivity contribution in [3.63, 3.8) is 0 Å². The lowest BCUT2D eigenvalue weighted by Gasteiger charge is -2.18. The van der Waals surface area contributed by atoms with Crippen molar-refractivity contribution in [3.8, 4) is 6.07 Å². The van der Waals surface area contributed by atoms with Crippen LogP contribution in [0.25, 0.3) is 10.2 Å². The van der Waals surface area contributed by atoms with Crippen LogP contribution in [0.3, 0.4) is 0 Å². The Labute approximate surface area is 157 Å². The van der Waals surface area contributed by atoms with Crippen LogP contribution in [0.15, 0.2) is 9.95 Å². The molecule has 134 valence electrons. The normalized spacial score (nSPS) is 18.3. The molecule has 3 rings (SSSR count). The fraction of sp³-hybridized carbons (Fsp3) is 0.632. The minimum atomic E-state index is -0.218. The predicted molar refractivity (Wildman–Crippen MR) is 105 cm³/mol. The van der Waals surface area contributed by atoms with Crippen LogP contribution in [0.1, 0.15) is 51.0 Å². The lowest BCUT2D eigenvalue weighted by Crippen LogP contribution is -2.25. The number of nitriles is 1. The molecule has 2 aromatic rings. The first kappa shape index (κ1) is 18.5. The largest absolute Gasteiger partial charge is 0.287 e. The van der Waals surface area contributed by atoms with Crippen LogP contribution in [0.4, 0.5) is 0 Å². The summed E-state index contributed by atoms with van der Waals surface area (Å²) in [6, 6.07) is 2.24. The van der Waals surface area contributed by atoms with E-state index in [1.807, 2.05) is 11.5 Å². The minimum absolute atomic E-state index is 0.0883. The fourth-order valence-electron chi connectivity index (χ4n) is 3.26. The van der Waals surface area contributed by atoms with E-state index in [0.717, 1.165) is 35.9 Å². The number of rotatable bonds is 5. The molecule has 2 atom stereocenters. The summed E-state index contributed by atoms with van der Waals surface area (Å²) in [5.74, 6) is 1.20. The lowest BCUT2D eigenvalue weighted by atomic mass is 9.89. The summed E-state index contributed by atoms with van der Waals surface area (Å²) in [4.78, 5) is 20.3. The molecule has 2 aromatic heterocycles. The van der Waals surface area contributed by atoms with E-state index in [2.05, 4.69) is 26.8 Å². The first-order chi connectivity index (χ1) is 11.9. The van der Waals surface area contributed by atoms with Gasteiger partial charge in [-0.15, -0.1) is 11.3 Å². The highest BCUT2D eigenvalue weighted by molar-refractivity contribution is 8.00. The van der Waals surface area contributed by atoms with Crippen molar-refractivity contribution in [3.05, 3.63) is 20.8 Å². The van der Waals surface area contributed by atoms with Crippen LogP contribution >= 0.6 is 23.1 Å². The van der Waals surface area contributed by atoms with E-state index in [9.17, 15) is 4.79 Å². The monoisotopic (exact) mass is 375 g/mol. The van der Waals surface area contributed by atoms with E-state index in [-0.39, 0.29) is 10.8 Å². The Hall–Kier alpha value is -1.32. The van der Waals surface area contributed by atoms with Crippen LogP contribution in [-0.2, 0) is 19.4 Å². The number of fused-ring (bicyclic) bond motifs is 3. The third-order valence-corrected chi connectivity index (χ3v) is 6.90. The molecular weight excluding hydrogens is 350 g/mol. The molecule has 0 radical (unpaired) electrons. The van der Waals surface area contributed by atoms with Gasteiger partial charge in [0.2, 0.25) is 0 Å². The zero-order valence-electron chi connectivity index (χ0n) is 15.3. The molecule has 0 aromatic carbocycles. The van der Waals surface area contributed by atoms with Crippen molar-refractivity contribution in [2.75, 3.05) is 0 Å². The van der Waals surface area contributed by atoms with Gasteiger partial charge in [0.1, 0.15) is 4.83 Å². The maximum Gasteiger partial charge on any atom is 0.263 e. The van der Waals surface area contributed by atoms with Gasteiger partial charge < -0.3 is 0 Å². The molecule has 0 saturated carbocycles. The Balaban J connectivity index is 2.14. The van der Waals surface area contributed by atoms with Crippen LogP contribution < -0.4 is 5.56 Å². The molecule has 0 spiro atoms. The first-order valence-corrected chi connectivity index (χ1v) is 10.7. The number of aromatic nitrogens is 2. The molecule has 25 heavy (non-hydrogen) atoms. The maximum absolute atomic E-state index is 13.3. The van der Waals surface area contributed by atoms with Crippen molar-refractivity contribution < 1.29 is 0 Å². The molecule has 0 fully saturated rings. The smallest absolute Gasteiger partial charge is 0.263 e. The number of hydrogen-bond acceptors (Lipinski definition) is 5. The van der Waals surface area contributed by atoms with Crippen molar-refractivity contribution in [2.45, 2.75) is 70.3 Å². The van der Waals surface area contributed by atoms with Gasteiger partial charge in [-0.3, -0.25) is 9.36 Å². The summed E-state index contributed by atoms with van der Waals surface area (Å²) >= 11 is 3.07. The predicted octanol–water partition coefficient (Wildman–Crippen LogP) is 4.63. The van der Waals surface area contributed by atoms with Crippen molar-refractivity contribution in [1.82, 2.24) is 9.55 Å². The molecule has 0 aliphatic heterocycles. The average Bonchev–Trinajstić information content (AvgIpc) is 2.91. The Kier molecular flexibility index (Phi) is 5.55. The van der Waals surface area contributed by atoms with Crippen LogP contribution in [0, 0.1) is 23.2 Å². The molecule has 0 N–H and O–H groups in total. The Morgan fingerprint density at radius 3 is 2.88 bits per heavy atom. The third kappa shape index (κ3) is 3.78. The summed E-state index contributed by atoms with van der Waals surface area (Å²) in [5.41, 5.74) is 1.32. The summed E-state index contributed by atoms with van der Waals surface area (Å²) in [6.45, 7) is 9.12. The highest BCUT2D eigenvalue weighted by atomic mass is 32.2. The molecular formula is C19H25N3OS2. The van der Waals surface area contributed by atoms with E-state index < -0.39 is 0 Å². The second kappa shape index (κ2) is 7.51. The summed E-state index contributed by atoms with van der Waals surface area (Å²) < 4.78 is 1.81. The number of aryl methyl sites for hydroxylation is 1. The van der Waals surface area contributed by atoms with Gasteiger partial charge in [0.25, 0.3) is 5.56 Å². The standard InChI is InChI=1S/C19H25N3OS2/c1-11(2)7-8-22-18(23)16-14-6-5-12(3)9-15(14)25-17(16)21-19(22)24-13(4)10-20/h11-13H,5-9H2,1-4H3/t12-,13-/m0/s1. The molecule has 0 bridgehead atoms. The van der Waals surface area contributed by atoms with Crippen molar-refractivity contribution in [2.24, 2.45) is 11.8 Å². The molecule has 2 heterocycles. The molecule has 6 heteroatoms. The van der Waals surface area contributed by atoms with Gasteiger partial charge >= 0.3 is 0 Å². The zero-order chi connectivity index (χ0) is 18.1. The van der Waals surface area contributed by atoms with E-state index in [0.29, 0.717) is 23.5 Å². The first-order valence-electron chi connectivity index (χ1n) is 9.02. The molecule has 0 unspecified atom stereocenters. The SMILES string of the molecule is CC(C)CCn1c(S[C@@H](C)C#N)nc2sc3c(c2c1=O)CC[C@H](C)C3.